The number of aromatic nitrogens is 1. The minimum absolute atomic E-state index is 0.0433. The van der Waals surface area contributed by atoms with Gasteiger partial charge in [-0.15, -0.1) is 0 Å². The summed E-state index contributed by atoms with van der Waals surface area (Å²) >= 11 is 0. The number of nitro groups is 1. The predicted molar refractivity (Wildman–Crippen MR) is 79.9 cm³/mol. The molecule has 0 spiro atoms. The van der Waals surface area contributed by atoms with Crippen molar-refractivity contribution in [1.29, 1.82) is 0 Å². The zero-order chi connectivity index (χ0) is 16.7. The molecule has 0 aliphatic rings. The summed E-state index contributed by atoms with van der Waals surface area (Å²) in [5.74, 6) is -0.995. The molecular weight excluding hydrogens is 302 g/mol. The van der Waals surface area contributed by atoms with Crippen molar-refractivity contribution in [2.45, 2.75) is 0 Å². The Labute approximate surface area is 131 Å². The first-order valence-corrected chi connectivity index (χ1v) is 6.68. The van der Waals surface area contributed by atoms with E-state index in [4.69, 9.17) is 4.74 Å². The van der Waals surface area contributed by atoms with Gasteiger partial charge in [-0.2, -0.15) is 0 Å². The van der Waals surface area contributed by atoms with Gasteiger partial charge in [0.1, 0.15) is 6.61 Å². The first-order chi connectivity index (χ1) is 11.1. The molecule has 1 aromatic carbocycles. The maximum absolute atomic E-state index is 11.8. The van der Waals surface area contributed by atoms with Gasteiger partial charge < -0.3 is 10.1 Å². The molecule has 0 bridgehead atoms. The van der Waals surface area contributed by atoms with Crippen LogP contribution >= 0.6 is 0 Å². The normalized spacial score (nSPS) is 9.91. The van der Waals surface area contributed by atoms with Crippen molar-refractivity contribution < 1.29 is 19.2 Å². The summed E-state index contributed by atoms with van der Waals surface area (Å²) in [6.45, 7) is 0.0835. The van der Waals surface area contributed by atoms with Crippen LogP contribution in [0, 0.1) is 10.1 Å². The third-order valence-corrected chi connectivity index (χ3v) is 2.86. The summed E-state index contributed by atoms with van der Waals surface area (Å²) in [6.07, 6.45) is 2.99. The molecule has 0 fully saturated rings. The summed E-state index contributed by atoms with van der Waals surface area (Å²) in [4.78, 5) is 37.4. The van der Waals surface area contributed by atoms with Crippen molar-refractivity contribution in [2.75, 3.05) is 13.2 Å². The first-order valence-electron chi connectivity index (χ1n) is 6.68. The molecule has 8 heteroatoms. The van der Waals surface area contributed by atoms with Crippen LogP contribution in [-0.4, -0.2) is 34.9 Å². The molecule has 0 atom stereocenters. The average molecular weight is 315 g/mol. The minimum atomic E-state index is -0.688. The van der Waals surface area contributed by atoms with Crippen LogP contribution in [-0.2, 0) is 4.74 Å². The second kappa shape index (κ2) is 7.64. The number of rotatable bonds is 6. The van der Waals surface area contributed by atoms with Crippen LogP contribution in [0.2, 0.25) is 0 Å². The Morgan fingerprint density at radius 1 is 1.17 bits per heavy atom. The van der Waals surface area contributed by atoms with Gasteiger partial charge in [0.15, 0.2) is 0 Å². The average Bonchev–Trinajstić information content (AvgIpc) is 2.59. The third kappa shape index (κ3) is 4.60. The van der Waals surface area contributed by atoms with E-state index >= 15 is 0 Å². The summed E-state index contributed by atoms with van der Waals surface area (Å²) < 4.78 is 4.96. The number of non-ortho nitro benzene ring substituents is 1. The highest BCUT2D eigenvalue weighted by Gasteiger charge is 2.12. The van der Waals surface area contributed by atoms with Crippen molar-refractivity contribution in [2.24, 2.45) is 0 Å². The summed E-state index contributed by atoms with van der Waals surface area (Å²) in [5, 5.41) is 13.2. The standard InChI is InChI=1S/C15H13N3O5/c19-14(11-4-6-16-7-5-11)17-8-9-23-15(20)12-2-1-3-13(10-12)18(21)22/h1-7,10H,8-9H2,(H,17,19). The van der Waals surface area contributed by atoms with E-state index in [0.717, 1.165) is 6.07 Å². The molecular formula is C15H13N3O5. The molecule has 1 aromatic heterocycles. The molecule has 0 saturated carbocycles. The van der Waals surface area contributed by atoms with Crippen LogP contribution < -0.4 is 5.32 Å². The molecule has 0 aliphatic heterocycles. The SMILES string of the molecule is O=C(NCCOC(=O)c1cccc([N+](=O)[O-])c1)c1ccncc1. The molecule has 0 aliphatic carbocycles. The highest BCUT2D eigenvalue weighted by Crippen LogP contribution is 2.13. The van der Waals surface area contributed by atoms with Crippen LogP contribution in [0.5, 0.6) is 0 Å². The van der Waals surface area contributed by atoms with E-state index in [2.05, 4.69) is 10.3 Å². The molecule has 0 unspecified atom stereocenters. The maximum atomic E-state index is 11.8. The number of hydrogen-bond acceptors (Lipinski definition) is 6. The van der Waals surface area contributed by atoms with E-state index < -0.39 is 10.9 Å². The van der Waals surface area contributed by atoms with Gasteiger partial charge in [-0.05, 0) is 18.2 Å². The number of nitrogens with one attached hydrogen (secondary N) is 1. The molecule has 1 heterocycles. The number of esters is 1. The molecule has 0 saturated heterocycles. The van der Waals surface area contributed by atoms with Gasteiger partial charge in [0, 0.05) is 30.1 Å². The Morgan fingerprint density at radius 2 is 1.91 bits per heavy atom. The topological polar surface area (TPSA) is 111 Å². The Morgan fingerprint density at radius 3 is 2.61 bits per heavy atom. The van der Waals surface area contributed by atoms with Gasteiger partial charge in [-0.25, -0.2) is 4.79 Å². The summed E-state index contributed by atoms with van der Waals surface area (Å²) in [7, 11) is 0. The van der Waals surface area contributed by atoms with Crippen molar-refractivity contribution in [3.63, 3.8) is 0 Å². The van der Waals surface area contributed by atoms with E-state index in [1.54, 1.807) is 12.1 Å². The molecule has 8 nitrogen and oxygen atoms in total. The second-order valence-electron chi connectivity index (χ2n) is 4.44. The second-order valence-corrected chi connectivity index (χ2v) is 4.44. The smallest absolute Gasteiger partial charge is 0.338 e. The van der Waals surface area contributed by atoms with Gasteiger partial charge in [0.2, 0.25) is 0 Å². The lowest BCUT2D eigenvalue weighted by Gasteiger charge is -2.06. The van der Waals surface area contributed by atoms with Crippen LogP contribution in [0.25, 0.3) is 0 Å². The molecule has 2 rings (SSSR count). The Balaban J connectivity index is 1.80. The monoisotopic (exact) mass is 315 g/mol. The number of benzene rings is 1. The largest absolute Gasteiger partial charge is 0.460 e. The predicted octanol–water partition coefficient (Wildman–Crippen LogP) is 1.58. The van der Waals surface area contributed by atoms with Crippen LogP contribution in [0.4, 0.5) is 5.69 Å². The molecule has 118 valence electrons. The number of hydrogen-bond donors (Lipinski definition) is 1. The van der Waals surface area contributed by atoms with Crippen molar-refractivity contribution in [1.82, 2.24) is 10.3 Å². The van der Waals surface area contributed by atoms with E-state index in [1.807, 2.05) is 0 Å². The molecule has 1 N–H and O–H groups in total. The highest BCUT2D eigenvalue weighted by atomic mass is 16.6. The Bertz CT molecular complexity index is 718. The van der Waals surface area contributed by atoms with E-state index in [0.29, 0.717) is 5.56 Å². The lowest BCUT2D eigenvalue weighted by atomic mass is 10.2. The van der Waals surface area contributed by atoms with Gasteiger partial charge in [-0.1, -0.05) is 6.07 Å². The number of carbonyl (C=O) groups is 2. The number of ether oxygens (including phenoxy) is 1. The summed E-state index contributed by atoms with van der Waals surface area (Å²) in [5.41, 5.74) is 0.343. The molecule has 2 aromatic rings. The zero-order valence-corrected chi connectivity index (χ0v) is 12.0. The van der Waals surface area contributed by atoms with E-state index in [-0.39, 0.29) is 30.3 Å². The van der Waals surface area contributed by atoms with Gasteiger partial charge in [0.25, 0.3) is 11.6 Å². The minimum Gasteiger partial charge on any atom is -0.460 e. The van der Waals surface area contributed by atoms with Crippen LogP contribution in [0.3, 0.4) is 0 Å². The zero-order valence-electron chi connectivity index (χ0n) is 12.0. The van der Waals surface area contributed by atoms with Gasteiger partial charge >= 0.3 is 5.97 Å². The van der Waals surface area contributed by atoms with Gasteiger partial charge in [0.05, 0.1) is 17.0 Å². The number of nitro benzene ring substituents is 1. The fourth-order valence-electron chi connectivity index (χ4n) is 1.74. The molecule has 1 amide bonds. The Hall–Kier alpha value is -3.29. The third-order valence-electron chi connectivity index (χ3n) is 2.86. The number of carbonyl (C=O) groups excluding carboxylic acids is 2. The van der Waals surface area contributed by atoms with Crippen LogP contribution in [0.15, 0.2) is 48.8 Å². The molecule has 23 heavy (non-hydrogen) atoms. The van der Waals surface area contributed by atoms with Crippen molar-refractivity contribution >= 4 is 17.6 Å². The van der Waals surface area contributed by atoms with Crippen molar-refractivity contribution in [3.05, 3.63) is 70.0 Å². The lowest BCUT2D eigenvalue weighted by molar-refractivity contribution is -0.384. The summed E-state index contributed by atoms with van der Waals surface area (Å²) in [6, 6.07) is 8.36. The van der Waals surface area contributed by atoms with E-state index in [9.17, 15) is 19.7 Å². The highest BCUT2D eigenvalue weighted by molar-refractivity contribution is 5.94. The van der Waals surface area contributed by atoms with Crippen LogP contribution in [0.1, 0.15) is 20.7 Å². The maximum Gasteiger partial charge on any atom is 0.338 e. The van der Waals surface area contributed by atoms with Gasteiger partial charge in [-0.3, -0.25) is 19.9 Å². The number of pyridine rings is 1. The van der Waals surface area contributed by atoms with E-state index in [1.165, 1.54) is 30.6 Å². The number of nitrogens with zero attached hydrogens (tertiary/aromatic N) is 2. The Kier molecular flexibility index (Phi) is 5.35. The fourth-order valence-corrected chi connectivity index (χ4v) is 1.74. The number of amides is 1. The van der Waals surface area contributed by atoms with Crippen molar-refractivity contribution in [3.8, 4) is 0 Å². The first kappa shape index (κ1) is 16.1. The lowest BCUT2D eigenvalue weighted by Crippen LogP contribution is -2.28. The fraction of sp³-hybridized carbons (Fsp3) is 0.133. The molecule has 0 radical (unpaired) electrons. The quantitative estimate of drug-likeness (QED) is 0.375.